The van der Waals surface area contributed by atoms with Crippen molar-refractivity contribution in [2.24, 2.45) is 11.8 Å². The Hall–Kier alpha value is -4.80. The molecule has 10 heteroatoms. The van der Waals surface area contributed by atoms with E-state index in [1.807, 2.05) is 50.5 Å². The molecule has 6 rings (SSSR count). The third-order valence-corrected chi connectivity index (χ3v) is 10.3. The number of rotatable bonds is 11. The molecule has 2 aromatic carbocycles. The van der Waals surface area contributed by atoms with Crippen LogP contribution in [-0.4, -0.2) is 31.8 Å². The number of hydrogen-bond acceptors (Lipinski definition) is 6. The number of benzene rings is 2. The molecule has 6 aromatic rings. The van der Waals surface area contributed by atoms with Crippen molar-refractivity contribution >= 4 is 34.5 Å². The van der Waals surface area contributed by atoms with Gasteiger partial charge < -0.3 is 20.6 Å². The Labute approximate surface area is 289 Å². The van der Waals surface area contributed by atoms with Crippen molar-refractivity contribution in [3.8, 4) is 33.6 Å². The first-order valence-electron chi connectivity index (χ1n) is 16.1. The minimum atomic E-state index is -0.233. The van der Waals surface area contributed by atoms with Crippen LogP contribution in [0, 0.1) is 25.7 Å². The van der Waals surface area contributed by atoms with Crippen molar-refractivity contribution in [1.29, 1.82) is 0 Å². The van der Waals surface area contributed by atoms with Gasteiger partial charge in [-0.15, -0.1) is 22.7 Å². The lowest BCUT2D eigenvalue weighted by atomic mass is 10.0. The molecule has 2 amide bonds. The molecule has 0 fully saturated rings. The summed E-state index contributed by atoms with van der Waals surface area (Å²) in [6.07, 6.45) is 3.65. The summed E-state index contributed by atoms with van der Waals surface area (Å²) in [5.74, 6) is 1.63. The van der Waals surface area contributed by atoms with Crippen LogP contribution in [0.3, 0.4) is 0 Å². The first-order chi connectivity index (χ1) is 23.0. The van der Waals surface area contributed by atoms with E-state index in [0.29, 0.717) is 9.75 Å². The lowest BCUT2D eigenvalue weighted by Gasteiger charge is -2.20. The summed E-state index contributed by atoms with van der Waals surface area (Å²) in [6, 6.07) is 23.9. The molecule has 0 aliphatic heterocycles. The van der Waals surface area contributed by atoms with Crippen LogP contribution in [0.5, 0.6) is 0 Å². The minimum absolute atomic E-state index is 0.0822. The first-order valence-corrected chi connectivity index (χ1v) is 17.7. The summed E-state index contributed by atoms with van der Waals surface area (Å²) in [5.41, 5.74) is 6.02. The van der Waals surface area contributed by atoms with Gasteiger partial charge in [0.2, 0.25) is 0 Å². The van der Waals surface area contributed by atoms with E-state index in [1.54, 1.807) is 0 Å². The Bertz CT molecular complexity index is 1870. The number of aromatic amines is 2. The van der Waals surface area contributed by atoms with Gasteiger partial charge in [-0.2, -0.15) is 0 Å². The maximum Gasteiger partial charge on any atom is 0.261 e. The van der Waals surface area contributed by atoms with Crippen LogP contribution in [0.15, 0.2) is 85.2 Å². The molecule has 2 atom stereocenters. The van der Waals surface area contributed by atoms with Crippen LogP contribution in [-0.2, 0) is 0 Å². The summed E-state index contributed by atoms with van der Waals surface area (Å²) >= 11 is 2.98. The van der Waals surface area contributed by atoms with Gasteiger partial charge in [0.15, 0.2) is 0 Å². The van der Waals surface area contributed by atoms with E-state index in [0.717, 1.165) is 55.0 Å². The van der Waals surface area contributed by atoms with E-state index in [1.165, 1.54) is 22.7 Å². The predicted octanol–water partition coefficient (Wildman–Crippen LogP) is 9.13. The van der Waals surface area contributed by atoms with Crippen LogP contribution in [0.2, 0.25) is 0 Å². The maximum absolute atomic E-state index is 12.9. The Morgan fingerprint density at radius 2 is 0.917 bits per heavy atom. The number of carbonyl (C=O) groups excluding carboxylic acids is 2. The van der Waals surface area contributed by atoms with Crippen LogP contribution in [0.4, 0.5) is 0 Å². The lowest BCUT2D eigenvalue weighted by Crippen LogP contribution is -2.32. The molecule has 0 aliphatic carbocycles. The minimum Gasteiger partial charge on any atom is -0.341 e. The number of amides is 2. The topological polar surface area (TPSA) is 116 Å². The number of aryl methyl sites for hydroxylation is 2. The quantitative estimate of drug-likeness (QED) is 0.110. The zero-order valence-corrected chi connectivity index (χ0v) is 29.6. The van der Waals surface area contributed by atoms with E-state index in [9.17, 15) is 9.59 Å². The molecule has 0 radical (unpaired) electrons. The second-order valence-corrected chi connectivity index (χ2v) is 15.3. The molecule has 0 saturated heterocycles. The number of imidazole rings is 2. The van der Waals surface area contributed by atoms with Gasteiger partial charge in [-0.1, -0.05) is 76.2 Å². The molecule has 0 aliphatic rings. The van der Waals surface area contributed by atoms with Crippen LogP contribution < -0.4 is 10.6 Å². The number of aromatic nitrogens is 4. The SMILES string of the molecule is Cc1ccc(C(=O)NC(c2ncc(-c3ccc(-c4ccc(-c5cnc(C(NC(=O)c6ccc(C)s6)C(C)C)[nH]5)cc4)cc3)[nH]2)C(C)C)s1. The average Bonchev–Trinajstić information content (AvgIpc) is 3.90. The zero-order valence-electron chi connectivity index (χ0n) is 27.9. The van der Waals surface area contributed by atoms with Crippen molar-refractivity contribution in [2.45, 2.75) is 53.6 Å². The van der Waals surface area contributed by atoms with E-state index in [-0.39, 0.29) is 35.7 Å². The Morgan fingerprint density at radius 3 is 1.23 bits per heavy atom. The Balaban J connectivity index is 1.12. The van der Waals surface area contributed by atoms with Gasteiger partial charge in [0.25, 0.3) is 11.8 Å². The predicted molar refractivity (Wildman–Crippen MR) is 195 cm³/mol. The molecule has 246 valence electrons. The molecule has 8 nitrogen and oxygen atoms in total. The number of nitrogens with zero attached hydrogens (tertiary/aromatic N) is 2. The summed E-state index contributed by atoms with van der Waals surface area (Å²) in [7, 11) is 0. The highest BCUT2D eigenvalue weighted by atomic mass is 32.1. The maximum atomic E-state index is 12.9. The molecular weight excluding hydrogens is 637 g/mol. The molecule has 0 bridgehead atoms. The second-order valence-electron chi connectivity index (χ2n) is 12.7. The van der Waals surface area contributed by atoms with E-state index >= 15 is 0 Å². The van der Waals surface area contributed by atoms with Gasteiger partial charge in [-0.05, 0) is 72.2 Å². The van der Waals surface area contributed by atoms with Crippen molar-refractivity contribution in [3.05, 3.63) is 116 Å². The van der Waals surface area contributed by atoms with Gasteiger partial charge in [-0.25, -0.2) is 9.97 Å². The van der Waals surface area contributed by atoms with Crippen molar-refractivity contribution < 1.29 is 9.59 Å². The van der Waals surface area contributed by atoms with Gasteiger partial charge >= 0.3 is 0 Å². The second kappa shape index (κ2) is 14.1. The monoisotopic (exact) mass is 676 g/mol. The lowest BCUT2D eigenvalue weighted by molar-refractivity contribution is 0.0919. The molecule has 0 saturated carbocycles. The van der Waals surface area contributed by atoms with E-state index in [2.05, 4.69) is 107 Å². The third-order valence-electron chi connectivity index (χ3n) is 8.34. The van der Waals surface area contributed by atoms with Crippen molar-refractivity contribution in [2.75, 3.05) is 0 Å². The molecular formula is C38H40N6O2S2. The summed E-state index contributed by atoms with van der Waals surface area (Å²) in [5, 5.41) is 6.31. The molecule has 2 unspecified atom stereocenters. The fraction of sp³-hybridized carbons (Fsp3) is 0.263. The first kappa shape index (κ1) is 33.1. The van der Waals surface area contributed by atoms with Gasteiger partial charge in [0.1, 0.15) is 11.6 Å². The zero-order chi connectivity index (χ0) is 33.9. The summed E-state index contributed by atoms with van der Waals surface area (Å²) < 4.78 is 0. The molecule has 4 heterocycles. The van der Waals surface area contributed by atoms with E-state index < -0.39 is 0 Å². The standard InChI is InChI=1S/C38H40N6O2S2/c1-21(2)33(43-37(45)31-17-7-23(5)47-31)35-39-19-29(41-35)27-13-9-25(10-14-27)26-11-15-28(16-12-26)30-20-40-36(42-30)34(22(3)4)44-38(46)32-18-8-24(6)48-32/h7-22,33-34H,1-6H3,(H,39,41)(H,40,42)(H,43,45)(H,44,46). The number of carbonyl (C=O) groups is 2. The molecule has 4 N–H and O–H groups in total. The Kier molecular flexibility index (Phi) is 9.75. The van der Waals surface area contributed by atoms with Crippen LogP contribution in [0.1, 0.15) is 80.5 Å². The number of H-pyrrole nitrogens is 2. The average molecular weight is 677 g/mol. The normalized spacial score (nSPS) is 12.8. The largest absolute Gasteiger partial charge is 0.341 e. The molecule has 48 heavy (non-hydrogen) atoms. The molecule has 4 aromatic heterocycles. The Morgan fingerprint density at radius 1 is 0.562 bits per heavy atom. The highest BCUT2D eigenvalue weighted by molar-refractivity contribution is 7.14. The van der Waals surface area contributed by atoms with Gasteiger partial charge in [0, 0.05) is 9.75 Å². The summed E-state index contributed by atoms with van der Waals surface area (Å²) in [6.45, 7) is 12.3. The van der Waals surface area contributed by atoms with Crippen molar-refractivity contribution in [3.63, 3.8) is 0 Å². The summed E-state index contributed by atoms with van der Waals surface area (Å²) in [4.78, 5) is 45.5. The van der Waals surface area contributed by atoms with E-state index in [4.69, 9.17) is 0 Å². The smallest absolute Gasteiger partial charge is 0.261 e. The van der Waals surface area contributed by atoms with Crippen molar-refractivity contribution in [1.82, 2.24) is 30.6 Å². The fourth-order valence-electron chi connectivity index (χ4n) is 5.61. The van der Waals surface area contributed by atoms with Crippen LogP contribution in [0.25, 0.3) is 33.6 Å². The van der Waals surface area contributed by atoms with Gasteiger partial charge in [0.05, 0.1) is 45.6 Å². The van der Waals surface area contributed by atoms with Crippen LogP contribution >= 0.6 is 22.7 Å². The number of nitrogens with one attached hydrogen (secondary N) is 4. The number of hydrogen-bond donors (Lipinski definition) is 4. The van der Waals surface area contributed by atoms with Gasteiger partial charge in [-0.3, -0.25) is 9.59 Å². The third kappa shape index (κ3) is 7.35. The highest BCUT2D eigenvalue weighted by Crippen LogP contribution is 2.30. The fourth-order valence-corrected chi connectivity index (χ4v) is 7.15. The number of thiophene rings is 2. The highest BCUT2D eigenvalue weighted by Gasteiger charge is 2.24. The molecule has 0 spiro atoms.